The Morgan fingerprint density at radius 1 is 1.11 bits per heavy atom. The summed E-state index contributed by atoms with van der Waals surface area (Å²) in [5.74, 6) is -1.65. The van der Waals surface area contributed by atoms with Gasteiger partial charge >= 0.3 is 0 Å². The number of benzene rings is 2. The summed E-state index contributed by atoms with van der Waals surface area (Å²) >= 11 is 5.98. The fourth-order valence-electron chi connectivity index (χ4n) is 3.00. The van der Waals surface area contributed by atoms with Crippen LogP contribution in [0.4, 0.5) is 4.39 Å². The number of carbonyl (C=O) groups is 2. The standard InChI is InChI=1S/C20H20ClFN2O3/c21-15-7-4-8-16(22)18(15)19(25)23-17(13-14-5-2-1-3-6-14)20(26)24-9-11-27-12-10-24/h1-8,17H,9-13H2,(H,23,25)/t17-/m0/s1. The molecule has 1 heterocycles. The van der Waals surface area contributed by atoms with Gasteiger partial charge in [0.25, 0.3) is 5.91 Å². The van der Waals surface area contributed by atoms with Gasteiger partial charge in [0, 0.05) is 19.5 Å². The van der Waals surface area contributed by atoms with E-state index in [-0.39, 0.29) is 16.5 Å². The van der Waals surface area contributed by atoms with Crippen molar-refractivity contribution in [2.24, 2.45) is 0 Å². The van der Waals surface area contributed by atoms with Crippen molar-refractivity contribution >= 4 is 23.4 Å². The summed E-state index contributed by atoms with van der Waals surface area (Å²) in [5.41, 5.74) is 0.635. The zero-order valence-electron chi connectivity index (χ0n) is 14.7. The van der Waals surface area contributed by atoms with Gasteiger partial charge in [-0.2, -0.15) is 0 Å². The van der Waals surface area contributed by atoms with E-state index < -0.39 is 17.8 Å². The van der Waals surface area contributed by atoms with E-state index in [1.165, 1.54) is 12.1 Å². The summed E-state index contributed by atoms with van der Waals surface area (Å²) in [6.45, 7) is 1.83. The molecule has 7 heteroatoms. The van der Waals surface area contributed by atoms with E-state index in [4.69, 9.17) is 16.3 Å². The molecule has 1 N–H and O–H groups in total. The van der Waals surface area contributed by atoms with Gasteiger partial charge in [-0.3, -0.25) is 9.59 Å². The number of hydrogen-bond acceptors (Lipinski definition) is 3. The van der Waals surface area contributed by atoms with Crippen molar-refractivity contribution in [1.29, 1.82) is 0 Å². The lowest BCUT2D eigenvalue weighted by atomic mass is 10.0. The van der Waals surface area contributed by atoms with Gasteiger partial charge in [-0.05, 0) is 17.7 Å². The van der Waals surface area contributed by atoms with Crippen LogP contribution in [-0.2, 0) is 16.0 Å². The first-order valence-electron chi connectivity index (χ1n) is 8.71. The minimum absolute atomic E-state index is 0.00443. The maximum absolute atomic E-state index is 14.1. The molecular weight excluding hydrogens is 371 g/mol. The van der Waals surface area contributed by atoms with E-state index in [0.29, 0.717) is 32.7 Å². The predicted molar refractivity (Wildman–Crippen MR) is 100 cm³/mol. The third-order valence-corrected chi connectivity index (χ3v) is 4.71. The third-order valence-electron chi connectivity index (χ3n) is 4.40. The lowest BCUT2D eigenvalue weighted by Gasteiger charge is -2.31. The van der Waals surface area contributed by atoms with Crippen molar-refractivity contribution in [3.63, 3.8) is 0 Å². The van der Waals surface area contributed by atoms with Crippen molar-refractivity contribution < 1.29 is 18.7 Å². The molecule has 1 aliphatic heterocycles. The van der Waals surface area contributed by atoms with E-state index in [1.54, 1.807) is 4.90 Å². The Labute approximate surface area is 162 Å². The maximum Gasteiger partial charge on any atom is 0.256 e. The van der Waals surface area contributed by atoms with E-state index in [9.17, 15) is 14.0 Å². The number of nitrogens with one attached hydrogen (secondary N) is 1. The van der Waals surface area contributed by atoms with Crippen LogP contribution >= 0.6 is 11.6 Å². The minimum Gasteiger partial charge on any atom is -0.378 e. The second-order valence-electron chi connectivity index (χ2n) is 6.25. The lowest BCUT2D eigenvalue weighted by Crippen LogP contribution is -2.52. The molecule has 1 atom stereocenters. The number of carbonyl (C=O) groups excluding carboxylic acids is 2. The molecule has 1 fully saturated rings. The highest BCUT2D eigenvalue weighted by Crippen LogP contribution is 2.19. The SMILES string of the molecule is O=C(N[C@@H](Cc1ccccc1)C(=O)N1CCOCC1)c1c(F)cccc1Cl. The van der Waals surface area contributed by atoms with E-state index in [0.717, 1.165) is 11.6 Å². The molecule has 0 bridgehead atoms. The fourth-order valence-corrected chi connectivity index (χ4v) is 3.25. The highest BCUT2D eigenvalue weighted by atomic mass is 35.5. The molecule has 142 valence electrons. The van der Waals surface area contributed by atoms with Crippen molar-refractivity contribution in [2.45, 2.75) is 12.5 Å². The van der Waals surface area contributed by atoms with Crippen molar-refractivity contribution in [1.82, 2.24) is 10.2 Å². The van der Waals surface area contributed by atoms with Crippen molar-refractivity contribution in [2.75, 3.05) is 26.3 Å². The summed E-state index contributed by atoms with van der Waals surface area (Å²) in [6.07, 6.45) is 0.300. The van der Waals surface area contributed by atoms with Gasteiger partial charge < -0.3 is 15.0 Å². The van der Waals surface area contributed by atoms with Gasteiger partial charge in [0.2, 0.25) is 5.91 Å². The zero-order chi connectivity index (χ0) is 19.2. The maximum atomic E-state index is 14.1. The zero-order valence-corrected chi connectivity index (χ0v) is 15.4. The van der Waals surface area contributed by atoms with Crippen LogP contribution in [0.2, 0.25) is 5.02 Å². The Balaban J connectivity index is 1.82. The monoisotopic (exact) mass is 390 g/mol. The summed E-state index contributed by atoms with van der Waals surface area (Å²) in [6, 6.07) is 12.6. The molecule has 27 heavy (non-hydrogen) atoms. The molecular formula is C20H20ClFN2O3. The second kappa shape index (κ2) is 8.97. The van der Waals surface area contributed by atoms with E-state index >= 15 is 0 Å². The molecule has 2 aromatic rings. The van der Waals surface area contributed by atoms with E-state index in [1.807, 2.05) is 30.3 Å². The van der Waals surface area contributed by atoms with Crippen LogP contribution in [0.15, 0.2) is 48.5 Å². The van der Waals surface area contributed by atoms with Crippen LogP contribution in [0.5, 0.6) is 0 Å². The Morgan fingerprint density at radius 3 is 2.48 bits per heavy atom. The van der Waals surface area contributed by atoms with Crippen LogP contribution in [-0.4, -0.2) is 49.1 Å². The molecule has 2 amide bonds. The van der Waals surface area contributed by atoms with E-state index in [2.05, 4.69) is 5.32 Å². The summed E-state index contributed by atoms with van der Waals surface area (Å²) in [4.78, 5) is 27.3. The Kier molecular flexibility index (Phi) is 6.42. The number of ether oxygens (including phenoxy) is 1. The normalized spacial score (nSPS) is 15.3. The molecule has 0 unspecified atom stereocenters. The van der Waals surface area contributed by atoms with Crippen molar-refractivity contribution in [3.05, 3.63) is 70.5 Å². The Bertz CT molecular complexity index is 790. The quantitative estimate of drug-likeness (QED) is 0.854. The Hall–Kier alpha value is -2.44. The summed E-state index contributed by atoms with van der Waals surface area (Å²) < 4.78 is 19.4. The molecule has 0 spiro atoms. The van der Waals surface area contributed by atoms with Crippen LogP contribution in [0.3, 0.4) is 0 Å². The van der Waals surface area contributed by atoms with Crippen LogP contribution in [0.1, 0.15) is 15.9 Å². The first kappa shape index (κ1) is 19.3. The number of hydrogen-bond donors (Lipinski definition) is 1. The molecule has 0 aliphatic carbocycles. The highest BCUT2D eigenvalue weighted by molar-refractivity contribution is 6.33. The van der Waals surface area contributed by atoms with Gasteiger partial charge in [-0.1, -0.05) is 48.0 Å². The largest absolute Gasteiger partial charge is 0.378 e. The molecule has 0 saturated carbocycles. The average Bonchev–Trinajstić information content (AvgIpc) is 2.68. The number of rotatable bonds is 5. The van der Waals surface area contributed by atoms with Crippen LogP contribution in [0, 0.1) is 5.82 Å². The number of amides is 2. The lowest BCUT2D eigenvalue weighted by molar-refractivity contribution is -0.137. The highest BCUT2D eigenvalue weighted by Gasteiger charge is 2.29. The molecule has 0 aromatic heterocycles. The van der Waals surface area contributed by atoms with Gasteiger partial charge in [0.05, 0.1) is 23.8 Å². The average molecular weight is 391 g/mol. The van der Waals surface area contributed by atoms with Gasteiger partial charge in [0.1, 0.15) is 11.9 Å². The third kappa shape index (κ3) is 4.84. The summed E-state index contributed by atoms with van der Waals surface area (Å²) in [7, 11) is 0. The molecule has 3 rings (SSSR count). The van der Waals surface area contributed by atoms with Gasteiger partial charge in [-0.15, -0.1) is 0 Å². The minimum atomic E-state index is -0.825. The van der Waals surface area contributed by atoms with Gasteiger partial charge in [0.15, 0.2) is 0 Å². The number of halogens is 2. The fraction of sp³-hybridized carbons (Fsp3) is 0.300. The van der Waals surface area contributed by atoms with Crippen LogP contribution in [0.25, 0.3) is 0 Å². The smallest absolute Gasteiger partial charge is 0.256 e. The molecule has 1 saturated heterocycles. The summed E-state index contributed by atoms with van der Waals surface area (Å²) in [5, 5.41) is 2.67. The Morgan fingerprint density at radius 2 is 1.81 bits per heavy atom. The van der Waals surface area contributed by atoms with Crippen LogP contribution < -0.4 is 5.32 Å². The predicted octanol–water partition coefficient (Wildman–Crippen LogP) is 2.68. The second-order valence-corrected chi connectivity index (χ2v) is 6.66. The molecule has 0 radical (unpaired) electrons. The number of nitrogens with zero attached hydrogens (tertiary/aromatic N) is 1. The van der Waals surface area contributed by atoms with Crippen molar-refractivity contribution in [3.8, 4) is 0 Å². The molecule has 1 aliphatic rings. The molecule has 5 nitrogen and oxygen atoms in total. The molecule has 2 aromatic carbocycles. The first-order valence-corrected chi connectivity index (χ1v) is 9.09. The van der Waals surface area contributed by atoms with Gasteiger partial charge in [-0.25, -0.2) is 4.39 Å². The first-order chi connectivity index (χ1) is 13.1. The number of morpholine rings is 1. The topological polar surface area (TPSA) is 58.6 Å².